The number of aromatic nitrogens is 3. The zero-order valence-corrected chi connectivity index (χ0v) is 17.7. The number of hydrogen-bond acceptors (Lipinski definition) is 6. The average Bonchev–Trinajstić information content (AvgIpc) is 3.06. The lowest BCUT2D eigenvalue weighted by atomic mass is 10.1. The molecule has 2 heterocycles. The number of unbranched alkanes of at least 4 members (excludes halogenated alkanes) is 1. The smallest absolute Gasteiger partial charge is 0.416 e. The fourth-order valence-electron chi connectivity index (χ4n) is 2.76. The third kappa shape index (κ3) is 5.47. The number of ether oxygens (including phenoxy) is 1. The van der Waals surface area contributed by atoms with Crippen LogP contribution in [0.3, 0.4) is 0 Å². The van der Waals surface area contributed by atoms with Gasteiger partial charge in [0.25, 0.3) is 5.91 Å². The minimum atomic E-state index is -4.63. The first kappa shape index (κ1) is 22.9. The molecule has 0 fully saturated rings. The van der Waals surface area contributed by atoms with E-state index in [2.05, 4.69) is 15.0 Å². The van der Waals surface area contributed by atoms with Gasteiger partial charge < -0.3 is 9.84 Å². The van der Waals surface area contributed by atoms with E-state index >= 15 is 0 Å². The topological polar surface area (TPSA) is 89.6 Å². The number of carbonyl (C=O) groups excluding carboxylic acids is 1. The van der Waals surface area contributed by atoms with Crippen molar-refractivity contribution in [1.82, 2.24) is 14.5 Å². The summed E-state index contributed by atoms with van der Waals surface area (Å²) in [6.45, 7) is 3.83. The fraction of sp³-hybridized carbons (Fsp3) is 0.400. The van der Waals surface area contributed by atoms with E-state index in [1.165, 1.54) is 19.3 Å². The number of nitrogens with zero attached hydrogens (tertiary/aromatic N) is 4. The van der Waals surface area contributed by atoms with Gasteiger partial charge in [0.15, 0.2) is 15.3 Å². The molecule has 0 aliphatic heterocycles. The standard InChI is InChI=1S/C20H21F3N4O3S/c1-3-4-9-27-16-18(25-8-7-24-16)31-19(27)26-17(29)14-10-13(20(21,22)23)5-6-15(14)30-11-12(2)28/h5-8,10,12,28H,3-4,9,11H2,1-2H3/t12-/m0/s1. The third-order valence-electron chi connectivity index (χ3n) is 4.27. The molecule has 1 amide bonds. The molecule has 0 aliphatic rings. The first-order valence-corrected chi connectivity index (χ1v) is 10.4. The number of aliphatic hydroxyl groups is 1. The van der Waals surface area contributed by atoms with Crippen LogP contribution in [0.25, 0.3) is 10.5 Å². The Morgan fingerprint density at radius 1 is 1.32 bits per heavy atom. The molecule has 0 saturated heterocycles. The summed E-state index contributed by atoms with van der Waals surface area (Å²) in [6.07, 6.45) is -0.761. The van der Waals surface area contributed by atoms with Crippen LogP contribution < -0.4 is 9.54 Å². The van der Waals surface area contributed by atoms with Crippen molar-refractivity contribution in [2.45, 2.75) is 45.5 Å². The van der Waals surface area contributed by atoms with E-state index in [0.29, 0.717) is 27.9 Å². The monoisotopic (exact) mass is 454 g/mol. The molecule has 3 rings (SSSR count). The van der Waals surface area contributed by atoms with E-state index in [0.717, 1.165) is 36.3 Å². The van der Waals surface area contributed by atoms with Gasteiger partial charge in [-0.3, -0.25) is 9.36 Å². The van der Waals surface area contributed by atoms with E-state index in [4.69, 9.17) is 4.74 Å². The molecule has 7 nitrogen and oxygen atoms in total. The van der Waals surface area contributed by atoms with Gasteiger partial charge in [0.1, 0.15) is 12.4 Å². The van der Waals surface area contributed by atoms with Crippen molar-refractivity contribution in [3.8, 4) is 5.75 Å². The Labute approximate surface area is 179 Å². The van der Waals surface area contributed by atoms with Gasteiger partial charge in [-0.05, 0) is 31.5 Å². The minimum absolute atomic E-state index is 0.0832. The SMILES string of the molecule is CCCCn1c(=NC(=O)c2cc(C(F)(F)F)ccc2OC[C@H](C)O)sc2nccnc21. The number of carbonyl (C=O) groups is 1. The summed E-state index contributed by atoms with van der Waals surface area (Å²) in [6, 6.07) is 2.60. The zero-order chi connectivity index (χ0) is 22.6. The second-order valence-corrected chi connectivity index (χ2v) is 7.82. The highest BCUT2D eigenvalue weighted by molar-refractivity contribution is 7.15. The molecule has 1 N–H and O–H groups in total. The fourth-order valence-corrected chi connectivity index (χ4v) is 3.72. The van der Waals surface area contributed by atoms with E-state index in [1.54, 1.807) is 4.57 Å². The number of hydrogen-bond donors (Lipinski definition) is 1. The molecule has 11 heteroatoms. The number of alkyl halides is 3. The number of benzene rings is 1. The lowest BCUT2D eigenvalue weighted by molar-refractivity contribution is -0.137. The summed E-state index contributed by atoms with van der Waals surface area (Å²) < 4.78 is 46.7. The largest absolute Gasteiger partial charge is 0.490 e. The molecule has 0 unspecified atom stereocenters. The molecule has 1 atom stereocenters. The van der Waals surface area contributed by atoms with E-state index in [-0.39, 0.29) is 17.9 Å². The number of fused-ring (bicyclic) bond motifs is 1. The molecule has 0 bridgehead atoms. The van der Waals surface area contributed by atoms with Crippen molar-refractivity contribution in [3.05, 3.63) is 46.5 Å². The van der Waals surface area contributed by atoms with Crippen LogP contribution in [-0.2, 0) is 12.7 Å². The van der Waals surface area contributed by atoms with Gasteiger partial charge in [-0.1, -0.05) is 24.7 Å². The summed E-state index contributed by atoms with van der Waals surface area (Å²) in [5.74, 6) is -0.969. The van der Waals surface area contributed by atoms with Gasteiger partial charge in [-0.15, -0.1) is 0 Å². The highest BCUT2D eigenvalue weighted by atomic mass is 32.1. The Bertz CT molecular complexity index is 1140. The van der Waals surface area contributed by atoms with Gasteiger partial charge in [0.05, 0.1) is 17.2 Å². The Hall–Kier alpha value is -2.79. The first-order chi connectivity index (χ1) is 14.7. The van der Waals surface area contributed by atoms with E-state index < -0.39 is 23.8 Å². The average molecular weight is 454 g/mol. The first-order valence-electron chi connectivity index (χ1n) is 9.62. The summed E-state index contributed by atoms with van der Waals surface area (Å²) in [4.78, 5) is 26.4. The molecular formula is C20H21F3N4O3S. The molecule has 2 aromatic heterocycles. The van der Waals surface area contributed by atoms with Crippen LogP contribution >= 0.6 is 11.3 Å². The van der Waals surface area contributed by atoms with Crippen molar-refractivity contribution >= 4 is 27.7 Å². The quantitative estimate of drug-likeness (QED) is 0.586. The predicted molar refractivity (Wildman–Crippen MR) is 109 cm³/mol. The summed E-state index contributed by atoms with van der Waals surface area (Å²) in [7, 11) is 0. The maximum Gasteiger partial charge on any atom is 0.416 e. The molecule has 31 heavy (non-hydrogen) atoms. The van der Waals surface area contributed by atoms with Crippen LogP contribution in [0.2, 0.25) is 0 Å². The lowest BCUT2D eigenvalue weighted by Gasteiger charge is -2.13. The summed E-state index contributed by atoms with van der Waals surface area (Å²) >= 11 is 1.13. The van der Waals surface area contributed by atoms with Gasteiger partial charge in [-0.25, -0.2) is 9.97 Å². The molecule has 166 valence electrons. The van der Waals surface area contributed by atoms with Crippen LogP contribution in [0, 0.1) is 0 Å². The van der Waals surface area contributed by atoms with Crippen LogP contribution in [0.1, 0.15) is 42.6 Å². The molecule has 0 aliphatic carbocycles. The summed E-state index contributed by atoms with van der Waals surface area (Å²) in [5, 5.41) is 9.43. The van der Waals surface area contributed by atoms with Gasteiger partial charge in [0, 0.05) is 18.9 Å². The van der Waals surface area contributed by atoms with Crippen LogP contribution in [0.5, 0.6) is 5.75 Å². The number of amides is 1. The third-order valence-corrected chi connectivity index (χ3v) is 5.25. The van der Waals surface area contributed by atoms with Crippen molar-refractivity contribution in [3.63, 3.8) is 0 Å². The highest BCUT2D eigenvalue weighted by Gasteiger charge is 2.32. The van der Waals surface area contributed by atoms with Crippen molar-refractivity contribution in [2.75, 3.05) is 6.61 Å². The van der Waals surface area contributed by atoms with Crippen molar-refractivity contribution in [1.29, 1.82) is 0 Å². The minimum Gasteiger partial charge on any atom is -0.490 e. The second-order valence-electron chi connectivity index (χ2n) is 6.86. The maximum absolute atomic E-state index is 13.2. The molecule has 1 aromatic carbocycles. The van der Waals surface area contributed by atoms with Gasteiger partial charge in [0.2, 0.25) is 0 Å². The van der Waals surface area contributed by atoms with Gasteiger partial charge in [-0.2, -0.15) is 18.2 Å². The Morgan fingerprint density at radius 3 is 2.74 bits per heavy atom. The number of rotatable bonds is 7. The van der Waals surface area contributed by atoms with E-state index in [9.17, 15) is 23.1 Å². The molecule has 0 radical (unpaired) electrons. The number of aryl methyl sites for hydroxylation is 1. The number of thiazole rings is 1. The molecule has 0 saturated carbocycles. The zero-order valence-electron chi connectivity index (χ0n) is 16.9. The number of halogens is 3. The van der Waals surface area contributed by atoms with Crippen molar-refractivity contribution < 1.29 is 27.8 Å². The number of aliphatic hydroxyl groups excluding tert-OH is 1. The van der Waals surface area contributed by atoms with Crippen LogP contribution in [0.4, 0.5) is 13.2 Å². The highest BCUT2D eigenvalue weighted by Crippen LogP contribution is 2.33. The van der Waals surface area contributed by atoms with E-state index in [1.807, 2.05) is 6.92 Å². The Balaban J connectivity index is 2.10. The molecule has 3 aromatic rings. The van der Waals surface area contributed by atoms with Crippen molar-refractivity contribution in [2.24, 2.45) is 4.99 Å². The van der Waals surface area contributed by atoms with Crippen LogP contribution in [0.15, 0.2) is 35.6 Å². The predicted octanol–water partition coefficient (Wildman–Crippen LogP) is 3.81. The van der Waals surface area contributed by atoms with Gasteiger partial charge >= 0.3 is 6.18 Å². The molecule has 0 spiro atoms. The Kier molecular flexibility index (Phi) is 7.06. The normalized spacial score (nSPS) is 13.5. The lowest BCUT2D eigenvalue weighted by Crippen LogP contribution is -2.19. The maximum atomic E-state index is 13.2. The van der Waals surface area contributed by atoms with Crippen LogP contribution in [-0.4, -0.2) is 38.3 Å². The molecular weight excluding hydrogens is 433 g/mol. The summed E-state index contributed by atoms with van der Waals surface area (Å²) in [5.41, 5.74) is -0.771. The second kappa shape index (κ2) is 9.56. The Morgan fingerprint density at radius 2 is 2.06 bits per heavy atom.